The molecule has 0 amide bonds. The lowest BCUT2D eigenvalue weighted by Gasteiger charge is -2.18. The van der Waals surface area contributed by atoms with Gasteiger partial charge in [-0.3, -0.25) is 4.79 Å². The van der Waals surface area contributed by atoms with Gasteiger partial charge in [-0.05, 0) is 13.3 Å². The molecule has 0 saturated heterocycles. The molecule has 1 atom stereocenters. The number of nitrogens with zero attached hydrogens (tertiary/aromatic N) is 1. The molecule has 0 bridgehead atoms. The van der Waals surface area contributed by atoms with Crippen molar-refractivity contribution in [3.05, 3.63) is 0 Å². The van der Waals surface area contributed by atoms with Gasteiger partial charge in [-0.1, -0.05) is 5.16 Å². The summed E-state index contributed by atoms with van der Waals surface area (Å²) in [5.41, 5.74) is 9.18. The number of nitrogens with one attached hydrogen (secondary N) is 1. The summed E-state index contributed by atoms with van der Waals surface area (Å²) in [6.07, 6.45) is 0.179. The fourth-order valence-corrected chi connectivity index (χ4v) is 0.593. The van der Waals surface area contributed by atoms with E-state index < -0.39 is 11.5 Å². The van der Waals surface area contributed by atoms with Crippen LogP contribution in [-0.2, 0) is 4.79 Å². The zero-order valence-corrected chi connectivity index (χ0v) is 9.77. The Kier molecular flexibility index (Phi) is 11.0. The monoisotopic (exact) mass is 262 g/mol. The summed E-state index contributed by atoms with van der Waals surface area (Å²) in [5, 5.41) is 21.9. The van der Waals surface area contributed by atoms with E-state index in [1.807, 2.05) is 0 Å². The third kappa shape index (κ3) is 8.10. The van der Waals surface area contributed by atoms with Crippen LogP contribution in [0.3, 0.4) is 0 Å². The van der Waals surface area contributed by atoms with Gasteiger partial charge in [0, 0.05) is 6.54 Å². The topological polar surface area (TPSA) is 134 Å². The van der Waals surface area contributed by atoms with Crippen LogP contribution in [0.1, 0.15) is 13.3 Å². The molecule has 0 saturated carbocycles. The van der Waals surface area contributed by atoms with Gasteiger partial charge in [0.25, 0.3) is 0 Å². The molecule has 0 aliphatic carbocycles. The third-order valence-electron chi connectivity index (χ3n) is 1.55. The molecule has 1 unspecified atom stereocenters. The van der Waals surface area contributed by atoms with Crippen molar-refractivity contribution in [2.24, 2.45) is 16.6 Å². The fraction of sp³-hybridized carbons (Fsp3) is 0.667. The standard InChI is InChI=1S/C6H14N4O3.2ClH/c1-6(8,4(11)12)2-3-9-5(7)10-13;;/h13H,2-3,8H2,1H3,(H,11,12)(H3,7,9,10);2*1H. The molecule has 0 aromatic rings. The second kappa shape index (κ2) is 8.39. The number of carboxylic acid groups (broad SMARTS) is 1. The van der Waals surface area contributed by atoms with E-state index in [1.165, 1.54) is 6.92 Å². The first-order valence-electron chi connectivity index (χ1n) is 3.64. The number of carboxylic acids is 1. The molecule has 7 N–H and O–H groups in total. The van der Waals surface area contributed by atoms with Crippen molar-refractivity contribution in [2.75, 3.05) is 6.54 Å². The minimum absolute atomic E-state index is 0. The lowest BCUT2D eigenvalue weighted by molar-refractivity contribution is -0.142. The zero-order chi connectivity index (χ0) is 10.5. The molecule has 15 heavy (non-hydrogen) atoms. The van der Waals surface area contributed by atoms with Crippen LogP contribution in [0.25, 0.3) is 0 Å². The fourth-order valence-electron chi connectivity index (χ4n) is 0.593. The van der Waals surface area contributed by atoms with Crippen LogP contribution in [0.5, 0.6) is 0 Å². The molecule has 0 aliphatic heterocycles. The van der Waals surface area contributed by atoms with Crippen LogP contribution < -0.4 is 16.8 Å². The molecule has 0 rings (SSSR count). The van der Waals surface area contributed by atoms with Gasteiger partial charge in [0.05, 0.1) is 0 Å². The van der Waals surface area contributed by atoms with E-state index in [-0.39, 0.29) is 43.7 Å². The maximum atomic E-state index is 10.5. The Morgan fingerprint density at radius 2 is 2.00 bits per heavy atom. The number of hydrogen-bond donors (Lipinski definition) is 5. The van der Waals surface area contributed by atoms with E-state index in [2.05, 4.69) is 10.5 Å². The molecule has 7 nitrogen and oxygen atoms in total. The predicted molar refractivity (Wildman–Crippen MR) is 60.8 cm³/mol. The Hall–Kier alpha value is -0.920. The molecular formula is C6H16Cl2N4O3. The lowest BCUT2D eigenvalue weighted by Crippen LogP contribution is -2.47. The molecule has 0 aliphatic rings. The van der Waals surface area contributed by atoms with Crippen LogP contribution >= 0.6 is 24.8 Å². The molecule has 0 radical (unpaired) electrons. The van der Waals surface area contributed by atoms with Gasteiger partial charge in [-0.15, -0.1) is 24.8 Å². The van der Waals surface area contributed by atoms with Gasteiger partial charge in [0.2, 0.25) is 5.96 Å². The molecule has 0 heterocycles. The molecule has 9 heteroatoms. The maximum absolute atomic E-state index is 10.5. The SMILES string of the molecule is CC(N)(CCN/C(N)=N\O)C(=O)O.Cl.Cl. The number of oxime groups is 1. The average Bonchev–Trinajstić information content (AvgIpc) is 2.03. The van der Waals surface area contributed by atoms with Gasteiger partial charge >= 0.3 is 5.97 Å². The lowest BCUT2D eigenvalue weighted by atomic mass is 10.00. The normalized spacial score (nSPS) is 14.1. The smallest absolute Gasteiger partial charge is 0.323 e. The Labute approximate surface area is 99.7 Å². The number of guanidine groups is 1. The first kappa shape index (κ1) is 19.6. The van der Waals surface area contributed by atoms with E-state index in [0.717, 1.165) is 0 Å². The highest BCUT2D eigenvalue weighted by atomic mass is 35.5. The molecule has 92 valence electrons. The summed E-state index contributed by atoms with van der Waals surface area (Å²) in [4.78, 5) is 10.5. The summed E-state index contributed by atoms with van der Waals surface area (Å²) in [6, 6.07) is 0. The minimum atomic E-state index is -1.30. The summed E-state index contributed by atoms with van der Waals surface area (Å²) >= 11 is 0. The van der Waals surface area contributed by atoms with Gasteiger partial charge < -0.3 is 27.1 Å². The highest BCUT2D eigenvalue weighted by Gasteiger charge is 2.26. The Morgan fingerprint density at radius 3 is 2.33 bits per heavy atom. The summed E-state index contributed by atoms with van der Waals surface area (Å²) in [7, 11) is 0. The van der Waals surface area contributed by atoms with E-state index in [4.69, 9.17) is 21.8 Å². The molecule has 0 aromatic heterocycles. The largest absolute Gasteiger partial charge is 0.480 e. The Balaban J connectivity index is -0.000000720. The van der Waals surface area contributed by atoms with Gasteiger partial charge in [-0.2, -0.15) is 0 Å². The zero-order valence-electron chi connectivity index (χ0n) is 8.14. The number of hydrogen-bond acceptors (Lipinski definition) is 4. The van der Waals surface area contributed by atoms with Crippen molar-refractivity contribution in [3.63, 3.8) is 0 Å². The average molecular weight is 263 g/mol. The summed E-state index contributed by atoms with van der Waals surface area (Å²) in [6.45, 7) is 1.62. The molecule has 0 spiro atoms. The second-order valence-corrected chi connectivity index (χ2v) is 2.88. The van der Waals surface area contributed by atoms with E-state index in [9.17, 15) is 4.79 Å². The number of carbonyl (C=O) groups is 1. The first-order valence-corrected chi connectivity index (χ1v) is 3.64. The van der Waals surface area contributed by atoms with Crippen LogP contribution in [0.4, 0.5) is 0 Å². The molecule has 0 fully saturated rings. The van der Waals surface area contributed by atoms with Crippen LogP contribution in [0, 0.1) is 0 Å². The predicted octanol–water partition coefficient (Wildman–Crippen LogP) is -0.684. The maximum Gasteiger partial charge on any atom is 0.323 e. The highest BCUT2D eigenvalue weighted by molar-refractivity contribution is 5.85. The molecular weight excluding hydrogens is 247 g/mol. The van der Waals surface area contributed by atoms with Crippen molar-refractivity contribution in [1.29, 1.82) is 0 Å². The highest BCUT2D eigenvalue weighted by Crippen LogP contribution is 2.03. The number of rotatable bonds is 4. The number of halogens is 2. The van der Waals surface area contributed by atoms with E-state index >= 15 is 0 Å². The van der Waals surface area contributed by atoms with Crippen molar-refractivity contribution in [2.45, 2.75) is 18.9 Å². The van der Waals surface area contributed by atoms with E-state index in [0.29, 0.717) is 0 Å². The van der Waals surface area contributed by atoms with Crippen molar-refractivity contribution < 1.29 is 15.1 Å². The molecule has 0 aromatic carbocycles. The van der Waals surface area contributed by atoms with Crippen LogP contribution in [0.15, 0.2) is 5.16 Å². The van der Waals surface area contributed by atoms with Crippen molar-refractivity contribution in [3.8, 4) is 0 Å². The second-order valence-electron chi connectivity index (χ2n) is 2.88. The summed E-state index contributed by atoms with van der Waals surface area (Å²) in [5.74, 6) is -1.25. The first-order chi connectivity index (χ1) is 5.90. The summed E-state index contributed by atoms with van der Waals surface area (Å²) < 4.78 is 0. The van der Waals surface area contributed by atoms with Crippen LogP contribution in [0.2, 0.25) is 0 Å². The quantitative estimate of drug-likeness (QED) is 0.197. The Morgan fingerprint density at radius 1 is 1.53 bits per heavy atom. The third-order valence-corrected chi connectivity index (χ3v) is 1.55. The van der Waals surface area contributed by atoms with Crippen molar-refractivity contribution in [1.82, 2.24) is 5.32 Å². The van der Waals surface area contributed by atoms with E-state index in [1.54, 1.807) is 0 Å². The number of aliphatic carboxylic acids is 1. The number of nitrogens with two attached hydrogens (primary N) is 2. The van der Waals surface area contributed by atoms with Gasteiger partial charge in [-0.25, -0.2) is 0 Å². The minimum Gasteiger partial charge on any atom is -0.480 e. The van der Waals surface area contributed by atoms with Crippen molar-refractivity contribution >= 4 is 36.7 Å². The Bertz CT molecular complexity index is 222. The van der Waals surface area contributed by atoms with Crippen LogP contribution in [-0.4, -0.2) is 34.3 Å². The van der Waals surface area contributed by atoms with Gasteiger partial charge in [0.1, 0.15) is 5.54 Å². The van der Waals surface area contributed by atoms with Gasteiger partial charge in [0.15, 0.2) is 0 Å².